The molecule has 0 unspecified atom stereocenters. The van der Waals surface area contributed by atoms with Gasteiger partial charge in [0.1, 0.15) is 6.33 Å². The van der Waals surface area contributed by atoms with Gasteiger partial charge >= 0.3 is 7.12 Å². The second-order valence-electron chi connectivity index (χ2n) is 3.10. The highest BCUT2D eigenvalue weighted by Gasteiger charge is 2.14. The van der Waals surface area contributed by atoms with E-state index in [-0.39, 0.29) is 5.46 Å². The highest BCUT2D eigenvalue weighted by atomic mass is 35.5. The number of pyridine rings is 1. The Labute approximate surface area is 96.9 Å². The number of rotatable bonds is 2. The lowest BCUT2D eigenvalue weighted by Gasteiger charge is -2.04. The van der Waals surface area contributed by atoms with Crippen LogP contribution in [0.15, 0.2) is 31.0 Å². The molecule has 0 saturated carbocycles. The predicted molar refractivity (Wildman–Crippen MR) is 60.1 cm³/mol. The van der Waals surface area contributed by atoms with Crippen molar-refractivity contribution in [1.29, 1.82) is 0 Å². The fraction of sp³-hybridized carbons (Fsp3) is 0. The molecule has 2 aromatic heterocycles. The van der Waals surface area contributed by atoms with Gasteiger partial charge in [-0.3, -0.25) is 4.98 Å². The number of aromatic nitrogens is 3. The van der Waals surface area contributed by atoms with E-state index in [1.54, 1.807) is 12.4 Å². The van der Waals surface area contributed by atoms with Crippen molar-refractivity contribution in [1.82, 2.24) is 15.0 Å². The monoisotopic (exact) mass is 235 g/mol. The molecular formula is C9H7BClN3O2. The highest BCUT2D eigenvalue weighted by molar-refractivity contribution is 6.59. The Morgan fingerprint density at radius 1 is 1.12 bits per heavy atom. The molecule has 2 N–H and O–H groups in total. The second-order valence-corrected chi connectivity index (χ2v) is 3.51. The van der Waals surface area contributed by atoms with Crippen molar-refractivity contribution in [3.8, 4) is 11.3 Å². The first-order valence-electron chi connectivity index (χ1n) is 4.45. The van der Waals surface area contributed by atoms with Crippen LogP contribution in [0.2, 0.25) is 5.02 Å². The minimum atomic E-state index is -1.58. The number of hydrogen-bond acceptors (Lipinski definition) is 5. The maximum absolute atomic E-state index is 8.94. The SMILES string of the molecule is OB(O)c1cnc(-c2cncnc2)c(Cl)c1. The topological polar surface area (TPSA) is 79.1 Å². The third kappa shape index (κ3) is 2.19. The Bertz CT molecular complexity index is 495. The van der Waals surface area contributed by atoms with Crippen molar-refractivity contribution in [3.05, 3.63) is 36.0 Å². The predicted octanol–water partition coefficient (Wildman–Crippen LogP) is -0.128. The Morgan fingerprint density at radius 2 is 1.81 bits per heavy atom. The smallest absolute Gasteiger partial charge is 0.423 e. The molecule has 0 aliphatic heterocycles. The first-order valence-corrected chi connectivity index (χ1v) is 4.83. The van der Waals surface area contributed by atoms with Crippen LogP contribution in [0.5, 0.6) is 0 Å². The van der Waals surface area contributed by atoms with Crippen LogP contribution in [0.25, 0.3) is 11.3 Å². The van der Waals surface area contributed by atoms with E-state index in [2.05, 4.69) is 15.0 Å². The molecular weight excluding hydrogens is 228 g/mol. The molecule has 0 atom stereocenters. The van der Waals surface area contributed by atoms with Crippen molar-refractivity contribution in [3.63, 3.8) is 0 Å². The van der Waals surface area contributed by atoms with Gasteiger partial charge in [0, 0.05) is 29.6 Å². The lowest BCUT2D eigenvalue weighted by atomic mass is 9.81. The van der Waals surface area contributed by atoms with Gasteiger partial charge in [0.2, 0.25) is 0 Å². The van der Waals surface area contributed by atoms with Crippen LogP contribution in [0, 0.1) is 0 Å². The quantitative estimate of drug-likeness (QED) is 0.709. The number of hydrogen-bond donors (Lipinski definition) is 2. The summed E-state index contributed by atoms with van der Waals surface area (Å²) in [5.74, 6) is 0. The molecule has 2 aromatic rings. The van der Waals surface area contributed by atoms with Crippen molar-refractivity contribution in [2.45, 2.75) is 0 Å². The van der Waals surface area contributed by atoms with E-state index in [1.807, 2.05) is 0 Å². The van der Waals surface area contributed by atoms with Crippen LogP contribution in [-0.4, -0.2) is 32.1 Å². The molecule has 0 aliphatic carbocycles. The molecule has 5 nitrogen and oxygen atoms in total. The molecule has 0 amide bonds. The summed E-state index contributed by atoms with van der Waals surface area (Å²) >= 11 is 5.97. The molecule has 2 heterocycles. The lowest BCUT2D eigenvalue weighted by molar-refractivity contribution is 0.425. The third-order valence-corrected chi connectivity index (χ3v) is 2.28. The Balaban J connectivity index is 2.45. The summed E-state index contributed by atoms with van der Waals surface area (Å²) in [7, 11) is -1.58. The minimum absolute atomic E-state index is 0.241. The molecule has 0 aromatic carbocycles. The van der Waals surface area contributed by atoms with Crippen LogP contribution in [0.1, 0.15) is 0 Å². The summed E-state index contributed by atoms with van der Waals surface area (Å²) < 4.78 is 0. The summed E-state index contributed by atoms with van der Waals surface area (Å²) in [5.41, 5.74) is 1.42. The van der Waals surface area contributed by atoms with Crippen LogP contribution in [-0.2, 0) is 0 Å². The normalized spacial score (nSPS) is 10.2. The van der Waals surface area contributed by atoms with Crippen LogP contribution in [0.4, 0.5) is 0 Å². The zero-order chi connectivity index (χ0) is 11.5. The summed E-state index contributed by atoms with van der Waals surface area (Å²) in [6, 6.07) is 1.45. The van der Waals surface area contributed by atoms with E-state index in [4.69, 9.17) is 21.6 Å². The van der Waals surface area contributed by atoms with Gasteiger partial charge < -0.3 is 10.0 Å². The average Bonchev–Trinajstić information content (AvgIpc) is 2.30. The van der Waals surface area contributed by atoms with Crippen molar-refractivity contribution >= 4 is 24.2 Å². The van der Waals surface area contributed by atoms with Crippen LogP contribution in [0.3, 0.4) is 0 Å². The molecule has 16 heavy (non-hydrogen) atoms. The summed E-state index contributed by atoms with van der Waals surface area (Å²) in [5, 5.41) is 18.2. The largest absolute Gasteiger partial charge is 0.490 e. The Hall–Kier alpha value is -1.50. The first kappa shape index (κ1) is 11.0. The minimum Gasteiger partial charge on any atom is -0.423 e. The summed E-state index contributed by atoms with van der Waals surface area (Å²) in [4.78, 5) is 11.7. The van der Waals surface area contributed by atoms with E-state index in [1.165, 1.54) is 18.6 Å². The molecule has 0 fully saturated rings. The number of nitrogens with zero attached hydrogens (tertiary/aromatic N) is 3. The molecule has 0 bridgehead atoms. The maximum Gasteiger partial charge on any atom is 0.490 e. The van der Waals surface area contributed by atoms with Crippen molar-refractivity contribution < 1.29 is 10.0 Å². The molecule has 7 heteroatoms. The van der Waals surface area contributed by atoms with Gasteiger partial charge in [-0.25, -0.2) is 9.97 Å². The van der Waals surface area contributed by atoms with E-state index < -0.39 is 7.12 Å². The Kier molecular flexibility index (Phi) is 3.14. The van der Waals surface area contributed by atoms with Gasteiger partial charge in [0.25, 0.3) is 0 Å². The van der Waals surface area contributed by atoms with Gasteiger partial charge in [-0.05, 0) is 6.07 Å². The van der Waals surface area contributed by atoms with E-state index in [0.29, 0.717) is 16.3 Å². The molecule has 80 valence electrons. The maximum atomic E-state index is 8.94. The van der Waals surface area contributed by atoms with Crippen molar-refractivity contribution in [2.24, 2.45) is 0 Å². The average molecular weight is 235 g/mol. The summed E-state index contributed by atoms with van der Waals surface area (Å²) in [6.45, 7) is 0. The van der Waals surface area contributed by atoms with Crippen molar-refractivity contribution in [2.75, 3.05) is 0 Å². The molecule has 0 saturated heterocycles. The van der Waals surface area contributed by atoms with Gasteiger partial charge in [-0.15, -0.1) is 0 Å². The fourth-order valence-corrected chi connectivity index (χ4v) is 1.51. The van der Waals surface area contributed by atoms with E-state index in [9.17, 15) is 0 Å². The highest BCUT2D eigenvalue weighted by Crippen LogP contribution is 2.22. The fourth-order valence-electron chi connectivity index (χ4n) is 1.23. The zero-order valence-corrected chi connectivity index (χ0v) is 8.83. The van der Waals surface area contributed by atoms with E-state index >= 15 is 0 Å². The van der Waals surface area contributed by atoms with Gasteiger partial charge in [-0.1, -0.05) is 11.6 Å². The van der Waals surface area contributed by atoms with Crippen LogP contribution >= 0.6 is 11.6 Å². The lowest BCUT2D eigenvalue weighted by Crippen LogP contribution is -2.30. The molecule has 0 radical (unpaired) electrons. The Morgan fingerprint density at radius 3 is 2.38 bits per heavy atom. The second kappa shape index (κ2) is 4.57. The summed E-state index contributed by atoms with van der Waals surface area (Å²) in [6.07, 6.45) is 5.91. The third-order valence-electron chi connectivity index (χ3n) is 1.99. The number of halogens is 1. The van der Waals surface area contributed by atoms with Gasteiger partial charge in [0.05, 0.1) is 10.7 Å². The first-order chi connectivity index (χ1) is 7.68. The molecule has 0 aliphatic rings. The van der Waals surface area contributed by atoms with E-state index in [0.717, 1.165) is 0 Å². The van der Waals surface area contributed by atoms with Gasteiger partial charge in [0.15, 0.2) is 0 Å². The van der Waals surface area contributed by atoms with Gasteiger partial charge in [-0.2, -0.15) is 0 Å². The zero-order valence-electron chi connectivity index (χ0n) is 8.08. The molecule has 0 spiro atoms. The standard InChI is InChI=1S/C9H7BClN3O2/c11-8-1-7(10(15)16)4-14-9(8)6-2-12-5-13-3-6/h1-5,15-16H. The van der Waals surface area contributed by atoms with Crippen LogP contribution < -0.4 is 5.46 Å². The molecule has 2 rings (SSSR count).